The van der Waals surface area contributed by atoms with Gasteiger partial charge in [-0.1, -0.05) is 41.5 Å². The van der Waals surface area contributed by atoms with E-state index in [9.17, 15) is 0 Å². The molecule has 3 atom stereocenters. The summed E-state index contributed by atoms with van der Waals surface area (Å²) in [5, 5.41) is 3.80. The molecule has 0 aromatic carbocycles. The van der Waals surface area contributed by atoms with Crippen molar-refractivity contribution < 1.29 is 0 Å². The van der Waals surface area contributed by atoms with Crippen LogP contribution in [0.15, 0.2) is 0 Å². The molecule has 0 saturated carbocycles. The maximum absolute atomic E-state index is 3.80. The van der Waals surface area contributed by atoms with Crippen LogP contribution in [0.2, 0.25) is 0 Å². The van der Waals surface area contributed by atoms with Crippen molar-refractivity contribution >= 4 is 0 Å². The zero-order chi connectivity index (χ0) is 12.3. The first-order valence-corrected chi connectivity index (χ1v) is 7.18. The van der Waals surface area contributed by atoms with Crippen molar-refractivity contribution in [2.45, 2.75) is 60.4 Å². The Morgan fingerprint density at radius 1 is 0.875 bits per heavy atom. The van der Waals surface area contributed by atoms with E-state index in [4.69, 9.17) is 0 Å². The molecule has 1 rings (SSSR count). The van der Waals surface area contributed by atoms with E-state index in [1.54, 1.807) is 0 Å². The molecule has 3 unspecified atom stereocenters. The highest BCUT2D eigenvalue weighted by Crippen LogP contribution is 2.37. The highest BCUT2D eigenvalue weighted by molar-refractivity contribution is 4.89. The molecule has 0 spiro atoms. The normalized spacial score (nSPS) is 32.4. The van der Waals surface area contributed by atoms with Crippen molar-refractivity contribution in [3.8, 4) is 0 Å². The summed E-state index contributed by atoms with van der Waals surface area (Å²) in [5.41, 5.74) is 0. The summed E-state index contributed by atoms with van der Waals surface area (Å²) in [6, 6.07) is 0.717. The molecule has 1 aliphatic heterocycles. The average molecular weight is 225 g/mol. The van der Waals surface area contributed by atoms with Gasteiger partial charge in [0.05, 0.1) is 0 Å². The van der Waals surface area contributed by atoms with Gasteiger partial charge in [-0.15, -0.1) is 0 Å². The Morgan fingerprint density at radius 2 is 1.50 bits per heavy atom. The van der Waals surface area contributed by atoms with Gasteiger partial charge >= 0.3 is 0 Å². The Bertz CT molecular complexity index is 178. The van der Waals surface area contributed by atoms with Crippen molar-refractivity contribution in [2.75, 3.05) is 6.54 Å². The molecule has 96 valence electrons. The van der Waals surface area contributed by atoms with E-state index >= 15 is 0 Å². The molecule has 0 radical (unpaired) electrons. The Balaban J connectivity index is 2.89. The summed E-state index contributed by atoms with van der Waals surface area (Å²) >= 11 is 0. The zero-order valence-electron chi connectivity index (χ0n) is 12.1. The van der Waals surface area contributed by atoms with Crippen LogP contribution in [0.3, 0.4) is 0 Å². The second kappa shape index (κ2) is 6.05. The van der Waals surface area contributed by atoms with Crippen LogP contribution < -0.4 is 5.32 Å². The molecular weight excluding hydrogens is 194 g/mol. The number of rotatable bonds is 3. The zero-order valence-corrected chi connectivity index (χ0v) is 12.1. The first-order chi connectivity index (χ1) is 7.45. The molecule has 0 bridgehead atoms. The van der Waals surface area contributed by atoms with E-state index in [-0.39, 0.29) is 0 Å². The minimum atomic E-state index is 0.717. The molecule has 1 aliphatic rings. The van der Waals surface area contributed by atoms with Gasteiger partial charge in [-0.2, -0.15) is 0 Å². The van der Waals surface area contributed by atoms with Crippen LogP contribution in [0.4, 0.5) is 0 Å². The molecule has 1 fully saturated rings. The van der Waals surface area contributed by atoms with Crippen molar-refractivity contribution in [3.05, 3.63) is 0 Å². The van der Waals surface area contributed by atoms with Gasteiger partial charge < -0.3 is 5.32 Å². The molecule has 0 amide bonds. The van der Waals surface area contributed by atoms with Crippen LogP contribution in [0.1, 0.15) is 54.4 Å². The molecule has 1 N–H and O–H groups in total. The number of nitrogens with one attached hydrogen (secondary N) is 1. The minimum Gasteiger partial charge on any atom is -0.313 e. The van der Waals surface area contributed by atoms with Crippen molar-refractivity contribution in [2.24, 2.45) is 29.6 Å². The predicted molar refractivity (Wildman–Crippen MR) is 72.5 cm³/mol. The van der Waals surface area contributed by atoms with E-state index in [0.717, 1.165) is 35.6 Å². The first kappa shape index (κ1) is 14.0. The summed E-state index contributed by atoms with van der Waals surface area (Å²) in [7, 11) is 0. The molecule has 16 heavy (non-hydrogen) atoms. The SMILES string of the molecule is CC(C)C1CCCNC(C(C)C)C1C(C)C. The van der Waals surface area contributed by atoms with Crippen molar-refractivity contribution in [3.63, 3.8) is 0 Å². The monoisotopic (exact) mass is 225 g/mol. The lowest BCUT2D eigenvalue weighted by molar-refractivity contribution is 0.131. The van der Waals surface area contributed by atoms with E-state index in [2.05, 4.69) is 46.9 Å². The molecule has 0 aromatic heterocycles. The van der Waals surface area contributed by atoms with E-state index < -0.39 is 0 Å². The van der Waals surface area contributed by atoms with Gasteiger partial charge in [-0.05, 0) is 49.0 Å². The maximum Gasteiger partial charge on any atom is 0.0123 e. The molecule has 1 saturated heterocycles. The third-order valence-corrected chi connectivity index (χ3v) is 4.35. The second-order valence-electron chi connectivity index (χ2n) is 6.60. The number of hydrogen-bond donors (Lipinski definition) is 1. The summed E-state index contributed by atoms with van der Waals surface area (Å²) in [5.74, 6) is 4.13. The van der Waals surface area contributed by atoms with Gasteiger partial charge in [0.2, 0.25) is 0 Å². The van der Waals surface area contributed by atoms with E-state index in [0.29, 0.717) is 0 Å². The van der Waals surface area contributed by atoms with Gasteiger partial charge in [0.25, 0.3) is 0 Å². The molecule has 0 aromatic rings. The lowest BCUT2D eigenvalue weighted by Crippen LogP contribution is -2.44. The van der Waals surface area contributed by atoms with Gasteiger partial charge in [0.15, 0.2) is 0 Å². The fourth-order valence-electron chi connectivity index (χ4n) is 3.57. The quantitative estimate of drug-likeness (QED) is 0.767. The molecular formula is C15H31N. The van der Waals surface area contributed by atoms with Gasteiger partial charge in [0.1, 0.15) is 0 Å². The summed E-state index contributed by atoms with van der Waals surface area (Å²) in [4.78, 5) is 0. The topological polar surface area (TPSA) is 12.0 Å². The van der Waals surface area contributed by atoms with Gasteiger partial charge in [-0.3, -0.25) is 0 Å². The first-order valence-electron chi connectivity index (χ1n) is 7.18. The van der Waals surface area contributed by atoms with Crippen LogP contribution in [0, 0.1) is 29.6 Å². The Labute approximate surface area is 102 Å². The summed E-state index contributed by atoms with van der Waals surface area (Å²) in [6.07, 6.45) is 2.77. The van der Waals surface area contributed by atoms with E-state index in [1.165, 1.54) is 19.4 Å². The minimum absolute atomic E-state index is 0.717. The van der Waals surface area contributed by atoms with E-state index in [1.807, 2.05) is 0 Å². The summed E-state index contributed by atoms with van der Waals surface area (Å²) in [6.45, 7) is 15.6. The third-order valence-electron chi connectivity index (χ3n) is 4.35. The van der Waals surface area contributed by atoms with Crippen LogP contribution in [0.25, 0.3) is 0 Å². The fourth-order valence-corrected chi connectivity index (χ4v) is 3.57. The third kappa shape index (κ3) is 3.23. The fraction of sp³-hybridized carbons (Fsp3) is 1.00. The lowest BCUT2D eigenvalue weighted by atomic mass is 9.70. The van der Waals surface area contributed by atoms with Crippen LogP contribution in [0.5, 0.6) is 0 Å². The molecule has 1 heteroatoms. The highest BCUT2D eigenvalue weighted by Gasteiger charge is 2.36. The van der Waals surface area contributed by atoms with Gasteiger partial charge in [0, 0.05) is 6.04 Å². The molecule has 0 aliphatic carbocycles. The van der Waals surface area contributed by atoms with Crippen LogP contribution in [-0.2, 0) is 0 Å². The Kier molecular flexibility index (Phi) is 5.30. The maximum atomic E-state index is 3.80. The molecule has 1 nitrogen and oxygen atoms in total. The Morgan fingerprint density at radius 3 is 1.94 bits per heavy atom. The second-order valence-corrected chi connectivity index (χ2v) is 6.60. The Hall–Kier alpha value is -0.0400. The summed E-state index contributed by atoms with van der Waals surface area (Å²) < 4.78 is 0. The number of hydrogen-bond acceptors (Lipinski definition) is 1. The molecule has 1 heterocycles. The van der Waals surface area contributed by atoms with Crippen molar-refractivity contribution in [1.29, 1.82) is 0 Å². The lowest BCUT2D eigenvalue weighted by Gasteiger charge is -2.39. The van der Waals surface area contributed by atoms with Crippen LogP contribution >= 0.6 is 0 Å². The van der Waals surface area contributed by atoms with Gasteiger partial charge in [-0.25, -0.2) is 0 Å². The predicted octanol–water partition coefficient (Wildman–Crippen LogP) is 3.94. The largest absolute Gasteiger partial charge is 0.313 e. The highest BCUT2D eigenvalue weighted by atomic mass is 14.9. The van der Waals surface area contributed by atoms with Crippen molar-refractivity contribution in [1.82, 2.24) is 5.32 Å². The smallest absolute Gasteiger partial charge is 0.0123 e. The van der Waals surface area contributed by atoms with Crippen LogP contribution in [-0.4, -0.2) is 12.6 Å². The average Bonchev–Trinajstić information content (AvgIpc) is 2.38. The standard InChI is InChI=1S/C15H31N/c1-10(2)13-8-7-9-16-15(12(5)6)14(13)11(3)4/h10-16H,7-9H2,1-6H3.